The van der Waals surface area contributed by atoms with Crippen molar-refractivity contribution in [1.82, 2.24) is 0 Å². The molecule has 0 saturated heterocycles. The van der Waals surface area contributed by atoms with Crippen LogP contribution in [0.2, 0.25) is 0 Å². The fourth-order valence-corrected chi connectivity index (χ4v) is 3.88. The predicted octanol–water partition coefficient (Wildman–Crippen LogP) is 4.58. The molecule has 0 spiro atoms. The van der Waals surface area contributed by atoms with Crippen LogP contribution in [0.5, 0.6) is 0 Å². The lowest BCUT2D eigenvalue weighted by Gasteiger charge is -2.17. The van der Waals surface area contributed by atoms with Crippen LogP contribution in [-0.2, 0) is 19.1 Å². The fraction of sp³-hybridized carbons (Fsp3) is 0.0667. The van der Waals surface area contributed by atoms with Gasteiger partial charge in [0.25, 0.3) is 0 Å². The molecule has 0 bridgehead atoms. The maximum atomic E-state index is 12.2. The Hall–Kier alpha value is -6.00. The molecule has 0 aliphatic heterocycles. The second-order valence-electron chi connectivity index (χ2n) is 8.09. The van der Waals surface area contributed by atoms with Gasteiger partial charge >= 0.3 is 23.9 Å². The van der Waals surface area contributed by atoms with Crippen LogP contribution in [0.3, 0.4) is 0 Å². The van der Waals surface area contributed by atoms with Crippen LogP contribution in [0.1, 0.15) is 31.8 Å². The first-order chi connectivity index (χ1) is 19.1. The maximum Gasteiger partial charge on any atom is 0.348 e. The molecule has 10 nitrogen and oxygen atoms in total. The number of carbonyl (C=O) groups is 4. The van der Waals surface area contributed by atoms with E-state index in [1.165, 1.54) is 24.3 Å². The average molecular weight is 536 g/mol. The summed E-state index contributed by atoms with van der Waals surface area (Å²) in [5, 5.41) is 38.3. The van der Waals surface area contributed by atoms with Crippen molar-refractivity contribution in [2.75, 3.05) is 14.2 Å². The van der Waals surface area contributed by atoms with Gasteiger partial charge in [-0.15, -0.1) is 0 Å². The molecule has 3 aromatic carbocycles. The molecule has 0 atom stereocenters. The third-order valence-electron chi connectivity index (χ3n) is 5.74. The SMILES string of the molecule is COC(=O)C(C#N)=Cc1ccc(-c2c(C(=O)O)ccc(C(=O)O)c2-c2ccc(C=C(C#N)C(=O)OC)cc2)cc1. The predicted molar refractivity (Wildman–Crippen MR) is 142 cm³/mol. The van der Waals surface area contributed by atoms with E-state index in [2.05, 4.69) is 9.47 Å². The number of nitriles is 2. The zero-order chi connectivity index (χ0) is 29.4. The number of ether oxygens (including phenoxy) is 2. The molecule has 0 radical (unpaired) electrons. The van der Waals surface area contributed by atoms with Crippen molar-refractivity contribution < 1.29 is 38.9 Å². The number of hydrogen-bond acceptors (Lipinski definition) is 8. The van der Waals surface area contributed by atoms with E-state index in [9.17, 15) is 39.9 Å². The van der Waals surface area contributed by atoms with Gasteiger partial charge in [0.05, 0.1) is 25.3 Å². The lowest BCUT2D eigenvalue weighted by atomic mass is 9.86. The molecule has 2 N–H and O–H groups in total. The second kappa shape index (κ2) is 12.5. The third-order valence-corrected chi connectivity index (χ3v) is 5.74. The first kappa shape index (κ1) is 28.6. The number of esters is 2. The standard InChI is InChI=1S/C30H20N2O8/c1-39-29(37)21(15-31)13-17-3-7-19(8-4-17)25-23(27(33)34)11-12-24(28(35)36)26(25)20-9-5-18(6-10-20)14-22(16-32)30(38)40-2/h3-14H,1-2H3,(H,33,34)(H,35,36). The molecule has 0 amide bonds. The van der Waals surface area contributed by atoms with Gasteiger partial charge in [-0.05, 0) is 46.5 Å². The Morgan fingerprint density at radius 3 is 1.20 bits per heavy atom. The molecule has 0 aromatic heterocycles. The van der Waals surface area contributed by atoms with Crippen molar-refractivity contribution >= 4 is 36.0 Å². The van der Waals surface area contributed by atoms with E-state index in [1.807, 2.05) is 0 Å². The Morgan fingerprint density at radius 2 is 0.950 bits per heavy atom. The van der Waals surface area contributed by atoms with E-state index in [1.54, 1.807) is 60.7 Å². The summed E-state index contributed by atoms with van der Waals surface area (Å²) in [6.07, 6.45) is 2.61. The van der Waals surface area contributed by atoms with E-state index in [0.717, 1.165) is 14.2 Å². The van der Waals surface area contributed by atoms with E-state index in [-0.39, 0.29) is 33.4 Å². The molecule has 0 unspecified atom stereocenters. The van der Waals surface area contributed by atoms with Crippen LogP contribution in [0.4, 0.5) is 0 Å². The van der Waals surface area contributed by atoms with Gasteiger partial charge in [-0.25, -0.2) is 19.2 Å². The smallest absolute Gasteiger partial charge is 0.348 e. The summed E-state index contributed by atoms with van der Waals surface area (Å²) in [4.78, 5) is 47.8. The molecule has 3 rings (SSSR count). The van der Waals surface area contributed by atoms with Crippen LogP contribution < -0.4 is 0 Å². The van der Waals surface area contributed by atoms with E-state index < -0.39 is 23.9 Å². The summed E-state index contributed by atoms with van der Waals surface area (Å²) < 4.78 is 9.14. The van der Waals surface area contributed by atoms with Gasteiger partial charge in [-0.3, -0.25) is 0 Å². The highest BCUT2D eigenvalue weighted by molar-refractivity contribution is 6.08. The highest BCUT2D eigenvalue weighted by Gasteiger charge is 2.23. The van der Waals surface area contributed by atoms with Crippen LogP contribution in [0, 0.1) is 22.7 Å². The van der Waals surface area contributed by atoms with Crippen LogP contribution >= 0.6 is 0 Å². The molecular formula is C30H20N2O8. The number of carboxylic acid groups (broad SMARTS) is 2. The van der Waals surface area contributed by atoms with Crippen LogP contribution in [0.15, 0.2) is 71.8 Å². The van der Waals surface area contributed by atoms with Crippen molar-refractivity contribution in [2.24, 2.45) is 0 Å². The Kier molecular flexibility index (Phi) is 8.93. The number of aromatic carboxylic acids is 2. The number of hydrogen-bond donors (Lipinski definition) is 2. The Balaban J connectivity index is 2.23. The average Bonchev–Trinajstić information content (AvgIpc) is 2.97. The number of rotatable bonds is 8. The van der Waals surface area contributed by atoms with Gasteiger partial charge < -0.3 is 19.7 Å². The zero-order valence-electron chi connectivity index (χ0n) is 21.2. The van der Waals surface area contributed by atoms with Gasteiger partial charge in [-0.1, -0.05) is 48.5 Å². The highest BCUT2D eigenvalue weighted by atomic mass is 16.5. The van der Waals surface area contributed by atoms with Gasteiger partial charge in [0, 0.05) is 11.1 Å². The quantitative estimate of drug-likeness (QED) is 0.235. The minimum atomic E-state index is -1.29. The molecule has 0 fully saturated rings. The third kappa shape index (κ3) is 6.10. The normalized spacial score (nSPS) is 11.1. The van der Waals surface area contributed by atoms with Crippen molar-refractivity contribution in [3.05, 3.63) is 94.1 Å². The Bertz CT molecular complexity index is 1530. The molecule has 0 saturated carbocycles. The van der Waals surface area contributed by atoms with E-state index in [4.69, 9.17) is 0 Å². The Labute approximate surface area is 228 Å². The van der Waals surface area contributed by atoms with Crippen molar-refractivity contribution in [2.45, 2.75) is 0 Å². The number of benzene rings is 3. The van der Waals surface area contributed by atoms with E-state index >= 15 is 0 Å². The molecule has 10 heteroatoms. The molecule has 0 heterocycles. The summed E-state index contributed by atoms with van der Waals surface area (Å²) >= 11 is 0. The minimum Gasteiger partial charge on any atom is -0.478 e. The lowest BCUT2D eigenvalue weighted by Crippen LogP contribution is -2.07. The van der Waals surface area contributed by atoms with Crippen molar-refractivity contribution in [3.63, 3.8) is 0 Å². The molecule has 198 valence electrons. The fourth-order valence-electron chi connectivity index (χ4n) is 3.88. The summed E-state index contributed by atoms with van der Waals surface area (Å²) in [7, 11) is 2.29. The number of carboxylic acids is 2. The summed E-state index contributed by atoms with van der Waals surface area (Å²) in [5.74, 6) is -4.21. The van der Waals surface area contributed by atoms with E-state index in [0.29, 0.717) is 22.3 Å². The topological polar surface area (TPSA) is 175 Å². The number of carbonyl (C=O) groups excluding carboxylic acids is 2. The van der Waals surface area contributed by atoms with Gasteiger partial charge in [0.1, 0.15) is 23.3 Å². The molecule has 40 heavy (non-hydrogen) atoms. The van der Waals surface area contributed by atoms with Crippen molar-refractivity contribution in [1.29, 1.82) is 10.5 Å². The highest BCUT2D eigenvalue weighted by Crippen LogP contribution is 2.38. The second-order valence-corrected chi connectivity index (χ2v) is 8.09. The molecule has 0 aliphatic rings. The van der Waals surface area contributed by atoms with Gasteiger partial charge in [0.2, 0.25) is 0 Å². The van der Waals surface area contributed by atoms with Crippen molar-refractivity contribution in [3.8, 4) is 34.4 Å². The van der Waals surface area contributed by atoms with Gasteiger partial charge in [-0.2, -0.15) is 10.5 Å². The first-order valence-corrected chi connectivity index (χ1v) is 11.4. The summed E-state index contributed by atoms with van der Waals surface area (Å²) in [6.45, 7) is 0. The number of methoxy groups -OCH3 is 2. The maximum absolute atomic E-state index is 12.2. The summed E-state index contributed by atoms with van der Waals surface area (Å²) in [6, 6.07) is 18.3. The Morgan fingerprint density at radius 1 is 0.625 bits per heavy atom. The first-order valence-electron chi connectivity index (χ1n) is 11.4. The molecule has 0 aliphatic carbocycles. The monoisotopic (exact) mass is 536 g/mol. The lowest BCUT2D eigenvalue weighted by molar-refractivity contribution is -0.136. The largest absolute Gasteiger partial charge is 0.478 e. The summed E-state index contributed by atoms with van der Waals surface area (Å²) in [5.41, 5.74) is 1.11. The van der Waals surface area contributed by atoms with Crippen LogP contribution in [0.25, 0.3) is 34.4 Å². The zero-order valence-corrected chi connectivity index (χ0v) is 21.2. The molecular weight excluding hydrogens is 516 g/mol. The molecule has 3 aromatic rings. The number of nitrogens with zero attached hydrogens (tertiary/aromatic N) is 2. The van der Waals surface area contributed by atoms with Crippen LogP contribution in [-0.4, -0.2) is 48.3 Å². The minimum absolute atomic E-state index is 0.131. The van der Waals surface area contributed by atoms with Gasteiger partial charge in [0.15, 0.2) is 0 Å².